The molecule has 3 atom stereocenters. The van der Waals surface area contributed by atoms with Crippen LogP contribution in [0.1, 0.15) is 11.1 Å². The molecule has 25 heavy (non-hydrogen) atoms. The van der Waals surface area contributed by atoms with Crippen LogP contribution in [0.25, 0.3) is 0 Å². The fraction of sp³-hybridized carbons (Fsp3) is 0.316. The fourth-order valence-electron chi connectivity index (χ4n) is 2.62. The Bertz CT molecular complexity index is 678. The Balaban J connectivity index is 1.99. The molecule has 0 fully saturated rings. The zero-order valence-corrected chi connectivity index (χ0v) is 14.1. The van der Waals surface area contributed by atoms with Gasteiger partial charge in [-0.15, -0.1) is 0 Å². The largest absolute Gasteiger partial charge is 0.497 e. The molecule has 2 aromatic carbocycles. The van der Waals surface area contributed by atoms with Crippen molar-refractivity contribution in [3.05, 3.63) is 65.7 Å². The van der Waals surface area contributed by atoms with Gasteiger partial charge in [0.1, 0.15) is 11.8 Å². The summed E-state index contributed by atoms with van der Waals surface area (Å²) in [7, 11) is 1.57. The fourth-order valence-corrected chi connectivity index (χ4v) is 2.62. The molecule has 6 nitrogen and oxygen atoms in total. The van der Waals surface area contributed by atoms with Crippen LogP contribution in [0.15, 0.2) is 54.6 Å². The molecule has 0 spiro atoms. The van der Waals surface area contributed by atoms with Gasteiger partial charge in [-0.3, -0.25) is 10.1 Å². The number of carbonyl (C=O) groups is 1. The first-order valence-electron chi connectivity index (χ1n) is 8.08. The van der Waals surface area contributed by atoms with Crippen LogP contribution < -0.4 is 15.8 Å². The van der Waals surface area contributed by atoms with Crippen LogP contribution in [-0.2, 0) is 17.8 Å². The van der Waals surface area contributed by atoms with Crippen molar-refractivity contribution in [2.75, 3.05) is 7.11 Å². The summed E-state index contributed by atoms with van der Waals surface area (Å²) in [6, 6.07) is 14.9. The molecular formula is C19H24N2O4. The summed E-state index contributed by atoms with van der Waals surface area (Å²) in [6.45, 7) is 0.281. The smallest absolute Gasteiger partial charge is 0.323 e. The number of carboxylic acids is 1. The molecule has 0 aliphatic carbocycles. The minimum Gasteiger partial charge on any atom is -0.497 e. The quantitative estimate of drug-likeness (QED) is 0.544. The maximum Gasteiger partial charge on any atom is 0.323 e. The van der Waals surface area contributed by atoms with Crippen molar-refractivity contribution in [3.8, 4) is 5.75 Å². The van der Waals surface area contributed by atoms with Crippen LogP contribution in [0.5, 0.6) is 5.75 Å². The van der Waals surface area contributed by atoms with Crippen molar-refractivity contribution >= 4 is 5.97 Å². The van der Waals surface area contributed by atoms with Crippen LogP contribution in [-0.4, -0.2) is 41.5 Å². The molecule has 0 aliphatic heterocycles. The van der Waals surface area contributed by atoms with Crippen LogP contribution >= 0.6 is 0 Å². The highest BCUT2D eigenvalue weighted by atomic mass is 16.5. The highest BCUT2D eigenvalue weighted by Crippen LogP contribution is 2.13. The number of aliphatic carboxylic acids is 1. The van der Waals surface area contributed by atoms with Crippen LogP contribution in [0.4, 0.5) is 0 Å². The van der Waals surface area contributed by atoms with Gasteiger partial charge in [-0.2, -0.15) is 0 Å². The van der Waals surface area contributed by atoms with Crippen molar-refractivity contribution in [2.45, 2.75) is 31.2 Å². The summed E-state index contributed by atoms with van der Waals surface area (Å²) in [5.74, 6) is -0.452. The second-order valence-electron chi connectivity index (χ2n) is 5.89. The highest BCUT2D eigenvalue weighted by molar-refractivity contribution is 5.74. The Kier molecular flexibility index (Phi) is 6.94. The van der Waals surface area contributed by atoms with Crippen molar-refractivity contribution in [2.24, 2.45) is 5.73 Å². The monoisotopic (exact) mass is 344 g/mol. The number of nitrogens with one attached hydrogen (secondary N) is 1. The maximum absolute atomic E-state index is 11.5. The molecule has 2 aromatic rings. The molecule has 5 N–H and O–H groups in total. The van der Waals surface area contributed by atoms with Gasteiger partial charge >= 0.3 is 5.97 Å². The van der Waals surface area contributed by atoms with Crippen LogP contribution in [0, 0.1) is 0 Å². The number of rotatable bonds is 9. The number of ether oxygens (including phenoxy) is 1. The molecule has 134 valence electrons. The van der Waals surface area contributed by atoms with Crippen molar-refractivity contribution in [1.82, 2.24) is 5.32 Å². The van der Waals surface area contributed by atoms with Crippen LogP contribution in [0.2, 0.25) is 0 Å². The molecular weight excluding hydrogens is 320 g/mol. The summed E-state index contributed by atoms with van der Waals surface area (Å²) < 4.78 is 5.15. The standard InChI is InChI=1S/C19H24N2O4/c1-25-15-9-5-8-14(10-15)12-21-17(19(23)24)18(22)16(20)11-13-6-3-2-4-7-13/h2-10,16-18,21-22H,11-12,20H2,1H3,(H,23,24)/t16-,17+,18+/m0/s1. The second kappa shape index (κ2) is 9.17. The van der Waals surface area contributed by atoms with Gasteiger partial charge in [0.2, 0.25) is 0 Å². The lowest BCUT2D eigenvalue weighted by atomic mass is 9.97. The number of benzene rings is 2. The van der Waals surface area contributed by atoms with Gasteiger partial charge in [0.25, 0.3) is 0 Å². The molecule has 0 radical (unpaired) electrons. The van der Waals surface area contributed by atoms with E-state index >= 15 is 0 Å². The SMILES string of the molecule is COc1cccc(CN[C@@H](C(=O)O)[C@H](O)[C@@H](N)Cc2ccccc2)c1. The number of hydrogen-bond donors (Lipinski definition) is 4. The van der Waals surface area contributed by atoms with Gasteiger partial charge in [0.15, 0.2) is 0 Å². The molecule has 0 aliphatic rings. The molecule has 0 amide bonds. The first-order chi connectivity index (χ1) is 12.0. The molecule has 0 unspecified atom stereocenters. The Morgan fingerprint density at radius 1 is 1.16 bits per heavy atom. The van der Waals surface area contributed by atoms with Gasteiger partial charge in [0.05, 0.1) is 13.2 Å². The lowest BCUT2D eigenvalue weighted by Crippen LogP contribution is -2.54. The van der Waals surface area contributed by atoms with E-state index in [9.17, 15) is 15.0 Å². The number of aliphatic hydroxyl groups excluding tert-OH is 1. The molecule has 0 aromatic heterocycles. The molecule has 0 heterocycles. The van der Waals surface area contributed by atoms with E-state index in [4.69, 9.17) is 10.5 Å². The zero-order chi connectivity index (χ0) is 18.2. The number of hydrogen-bond acceptors (Lipinski definition) is 5. The van der Waals surface area contributed by atoms with E-state index < -0.39 is 24.2 Å². The predicted molar refractivity (Wildman–Crippen MR) is 95.4 cm³/mol. The number of nitrogens with two attached hydrogens (primary N) is 1. The van der Waals surface area contributed by atoms with Gasteiger partial charge in [-0.25, -0.2) is 0 Å². The van der Waals surface area contributed by atoms with E-state index in [0.29, 0.717) is 12.2 Å². The number of aliphatic hydroxyl groups is 1. The number of carboxylic acid groups (broad SMARTS) is 1. The third-order valence-electron chi connectivity index (χ3n) is 4.02. The van der Waals surface area contributed by atoms with Gasteiger partial charge in [-0.05, 0) is 29.7 Å². The third-order valence-corrected chi connectivity index (χ3v) is 4.02. The molecule has 2 rings (SSSR count). The van der Waals surface area contributed by atoms with Crippen LogP contribution in [0.3, 0.4) is 0 Å². The maximum atomic E-state index is 11.5. The minimum absolute atomic E-state index is 0.281. The summed E-state index contributed by atoms with van der Waals surface area (Å²) in [4.78, 5) is 11.5. The molecule has 0 saturated heterocycles. The predicted octanol–water partition coefficient (Wildman–Crippen LogP) is 1.17. The zero-order valence-electron chi connectivity index (χ0n) is 14.1. The summed E-state index contributed by atoms with van der Waals surface area (Å²) in [5, 5.41) is 22.7. The molecule has 0 bridgehead atoms. The molecule has 6 heteroatoms. The van der Waals surface area contributed by atoms with E-state index in [1.165, 1.54) is 0 Å². The second-order valence-corrected chi connectivity index (χ2v) is 5.89. The first kappa shape index (κ1) is 18.9. The van der Waals surface area contributed by atoms with Crippen molar-refractivity contribution in [1.29, 1.82) is 0 Å². The lowest BCUT2D eigenvalue weighted by Gasteiger charge is -2.25. The summed E-state index contributed by atoms with van der Waals surface area (Å²) >= 11 is 0. The normalized spacial score (nSPS) is 14.5. The van der Waals surface area contributed by atoms with E-state index in [-0.39, 0.29) is 6.54 Å². The summed E-state index contributed by atoms with van der Waals surface area (Å²) in [5.41, 5.74) is 7.84. The average molecular weight is 344 g/mol. The highest BCUT2D eigenvalue weighted by Gasteiger charge is 2.30. The Morgan fingerprint density at radius 2 is 1.84 bits per heavy atom. The Hall–Kier alpha value is -2.41. The van der Waals surface area contributed by atoms with Gasteiger partial charge < -0.3 is 20.7 Å². The minimum atomic E-state index is -1.22. The Labute approximate surface area is 147 Å². The topological polar surface area (TPSA) is 105 Å². The molecule has 0 saturated carbocycles. The average Bonchev–Trinajstić information content (AvgIpc) is 2.62. The van der Waals surface area contributed by atoms with Crippen molar-refractivity contribution in [3.63, 3.8) is 0 Å². The van der Waals surface area contributed by atoms with Gasteiger partial charge in [0, 0.05) is 12.6 Å². The van der Waals surface area contributed by atoms with E-state index in [2.05, 4.69) is 5.32 Å². The van der Waals surface area contributed by atoms with E-state index in [1.54, 1.807) is 7.11 Å². The van der Waals surface area contributed by atoms with Crippen molar-refractivity contribution < 1.29 is 19.7 Å². The first-order valence-corrected chi connectivity index (χ1v) is 8.08. The number of methoxy groups -OCH3 is 1. The van der Waals surface area contributed by atoms with E-state index in [0.717, 1.165) is 11.1 Å². The van der Waals surface area contributed by atoms with Gasteiger partial charge in [-0.1, -0.05) is 42.5 Å². The summed E-state index contributed by atoms with van der Waals surface area (Å²) in [6.07, 6.45) is -0.824. The van der Waals surface area contributed by atoms with E-state index in [1.807, 2.05) is 54.6 Å². The third kappa shape index (κ3) is 5.56. The lowest BCUT2D eigenvalue weighted by molar-refractivity contribution is -0.143. The Morgan fingerprint density at radius 3 is 2.48 bits per heavy atom.